The van der Waals surface area contributed by atoms with Crippen LogP contribution < -0.4 is 0 Å². The summed E-state index contributed by atoms with van der Waals surface area (Å²) in [6, 6.07) is 4.31. The highest BCUT2D eigenvalue weighted by molar-refractivity contribution is 7.91. The van der Waals surface area contributed by atoms with Crippen molar-refractivity contribution >= 4 is 15.8 Å². The fraction of sp³-hybridized carbons (Fsp3) is 0.357. The van der Waals surface area contributed by atoms with Gasteiger partial charge in [-0.3, -0.25) is 0 Å². The third kappa shape index (κ3) is 3.92. The van der Waals surface area contributed by atoms with Gasteiger partial charge >= 0.3 is 5.97 Å². The molecule has 0 aliphatic rings. The summed E-state index contributed by atoms with van der Waals surface area (Å²) >= 11 is 0. The molecule has 0 atom stereocenters. The van der Waals surface area contributed by atoms with Gasteiger partial charge in [-0.1, -0.05) is 19.1 Å². The first-order chi connectivity index (χ1) is 8.92. The third-order valence-corrected chi connectivity index (χ3v) is 4.67. The molecule has 0 heterocycles. The molecule has 19 heavy (non-hydrogen) atoms. The molecule has 0 aromatic heterocycles. The van der Waals surface area contributed by atoms with Crippen LogP contribution in [0.1, 0.15) is 35.7 Å². The summed E-state index contributed by atoms with van der Waals surface area (Å²) < 4.78 is 24.1. The Morgan fingerprint density at radius 3 is 2.63 bits per heavy atom. The molecule has 0 radical (unpaired) electrons. The lowest BCUT2D eigenvalue weighted by molar-refractivity contribution is 0.0695. The zero-order chi connectivity index (χ0) is 14.5. The van der Waals surface area contributed by atoms with Crippen molar-refractivity contribution in [2.24, 2.45) is 0 Å². The molecule has 0 saturated carbocycles. The van der Waals surface area contributed by atoms with Crippen LogP contribution in [0.25, 0.3) is 0 Å². The Morgan fingerprint density at radius 2 is 2.11 bits per heavy atom. The van der Waals surface area contributed by atoms with E-state index in [1.807, 2.05) is 6.92 Å². The van der Waals surface area contributed by atoms with Crippen LogP contribution in [0, 0.1) is 0 Å². The van der Waals surface area contributed by atoms with E-state index in [0.717, 1.165) is 0 Å². The Bertz CT molecular complexity index is 573. The van der Waals surface area contributed by atoms with Gasteiger partial charge in [0.05, 0.1) is 16.2 Å². The molecule has 0 amide bonds. The number of carbonyl (C=O) groups is 1. The molecule has 104 valence electrons. The van der Waals surface area contributed by atoms with Crippen LogP contribution in [0.3, 0.4) is 0 Å². The van der Waals surface area contributed by atoms with E-state index in [4.69, 9.17) is 5.11 Å². The van der Waals surface area contributed by atoms with E-state index in [9.17, 15) is 13.2 Å². The lowest BCUT2D eigenvalue weighted by Crippen LogP contribution is -2.10. The van der Waals surface area contributed by atoms with Gasteiger partial charge in [-0.2, -0.15) is 0 Å². The van der Waals surface area contributed by atoms with Gasteiger partial charge in [0, 0.05) is 0 Å². The normalized spacial score (nSPS) is 11.2. The SMILES string of the molecule is C=CCCCS(=O)(=O)c1ccc(CC)c(C(=O)O)c1. The molecule has 1 aromatic rings. The quantitative estimate of drug-likeness (QED) is 0.616. The lowest BCUT2D eigenvalue weighted by atomic mass is 10.1. The van der Waals surface area contributed by atoms with Crippen molar-refractivity contribution in [3.8, 4) is 0 Å². The smallest absolute Gasteiger partial charge is 0.336 e. The van der Waals surface area contributed by atoms with E-state index in [0.29, 0.717) is 24.8 Å². The fourth-order valence-corrected chi connectivity index (χ4v) is 3.15. The Labute approximate surface area is 113 Å². The third-order valence-electron chi connectivity index (χ3n) is 2.87. The zero-order valence-electron chi connectivity index (χ0n) is 10.9. The van der Waals surface area contributed by atoms with Crippen LogP contribution in [0.2, 0.25) is 0 Å². The number of benzene rings is 1. The second kappa shape index (κ2) is 6.52. The topological polar surface area (TPSA) is 71.4 Å². The molecule has 0 aliphatic heterocycles. The average Bonchev–Trinajstić information content (AvgIpc) is 2.38. The van der Waals surface area contributed by atoms with Gasteiger partial charge in [-0.05, 0) is 37.0 Å². The van der Waals surface area contributed by atoms with E-state index in [-0.39, 0.29) is 16.2 Å². The summed E-state index contributed by atoms with van der Waals surface area (Å²) in [6.45, 7) is 5.37. The van der Waals surface area contributed by atoms with Crippen molar-refractivity contribution in [1.29, 1.82) is 0 Å². The molecule has 0 fully saturated rings. The number of hydrogen-bond acceptors (Lipinski definition) is 3. The molecule has 1 rings (SSSR count). The first-order valence-corrected chi connectivity index (χ1v) is 7.77. The van der Waals surface area contributed by atoms with Gasteiger partial charge in [0.2, 0.25) is 0 Å². The van der Waals surface area contributed by atoms with E-state index in [1.165, 1.54) is 12.1 Å². The highest BCUT2D eigenvalue weighted by atomic mass is 32.2. The minimum Gasteiger partial charge on any atom is -0.478 e. The van der Waals surface area contributed by atoms with Crippen LogP contribution in [0.4, 0.5) is 0 Å². The van der Waals surface area contributed by atoms with Crippen molar-refractivity contribution in [2.45, 2.75) is 31.1 Å². The molecule has 0 spiro atoms. The van der Waals surface area contributed by atoms with Crippen molar-refractivity contribution in [3.63, 3.8) is 0 Å². The van der Waals surface area contributed by atoms with Crippen molar-refractivity contribution in [3.05, 3.63) is 42.0 Å². The molecule has 0 saturated heterocycles. The highest BCUT2D eigenvalue weighted by Crippen LogP contribution is 2.19. The molecule has 1 aromatic carbocycles. The standard InChI is InChI=1S/C14H18O4S/c1-3-5-6-9-19(17,18)12-8-7-11(4-2)13(10-12)14(15)16/h3,7-8,10H,1,4-6,9H2,2H3,(H,15,16). The Balaban J connectivity index is 3.11. The first kappa shape index (κ1) is 15.4. The lowest BCUT2D eigenvalue weighted by Gasteiger charge is -2.08. The van der Waals surface area contributed by atoms with Crippen LogP contribution in [0.5, 0.6) is 0 Å². The van der Waals surface area contributed by atoms with Crippen molar-refractivity contribution in [2.75, 3.05) is 5.75 Å². The van der Waals surface area contributed by atoms with Crippen LogP contribution in [-0.4, -0.2) is 25.2 Å². The molecule has 1 N–H and O–H groups in total. The molecule has 0 unspecified atom stereocenters. The van der Waals surface area contributed by atoms with Crippen molar-refractivity contribution in [1.82, 2.24) is 0 Å². The minimum atomic E-state index is -3.42. The van der Waals surface area contributed by atoms with E-state index in [1.54, 1.807) is 12.1 Å². The maximum absolute atomic E-state index is 12.1. The predicted octanol–water partition coefficient (Wildman–Crippen LogP) is 2.69. The number of sulfone groups is 1. The van der Waals surface area contributed by atoms with Gasteiger partial charge in [-0.15, -0.1) is 6.58 Å². The summed E-state index contributed by atoms with van der Waals surface area (Å²) in [6.07, 6.45) is 3.33. The number of aromatic carboxylic acids is 1. The Morgan fingerprint density at radius 1 is 1.42 bits per heavy atom. The monoisotopic (exact) mass is 282 g/mol. The summed E-state index contributed by atoms with van der Waals surface area (Å²) in [7, 11) is -3.42. The molecule has 5 heteroatoms. The maximum atomic E-state index is 12.1. The number of unbranched alkanes of at least 4 members (excludes halogenated alkanes) is 1. The van der Waals surface area contributed by atoms with Crippen LogP contribution in [0.15, 0.2) is 35.7 Å². The molecular weight excluding hydrogens is 264 g/mol. The second-order valence-electron chi connectivity index (χ2n) is 4.23. The summed E-state index contributed by atoms with van der Waals surface area (Å²) in [5.74, 6) is -1.09. The largest absolute Gasteiger partial charge is 0.478 e. The van der Waals surface area contributed by atoms with E-state index >= 15 is 0 Å². The minimum absolute atomic E-state index is 0.00352. The van der Waals surface area contributed by atoms with Crippen molar-refractivity contribution < 1.29 is 18.3 Å². The van der Waals surface area contributed by atoms with Gasteiger partial charge in [0.1, 0.15) is 0 Å². The number of aryl methyl sites for hydroxylation is 1. The number of hydrogen-bond donors (Lipinski definition) is 1. The Hall–Kier alpha value is -1.62. The summed E-state index contributed by atoms with van der Waals surface area (Å²) in [5.41, 5.74) is 0.699. The van der Waals surface area contributed by atoms with E-state index < -0.39 is 15.8 Å². The number of rotatable bonds is 7. The zero-order valence-corrected chi connectivity index (χ0v) is 11.7. The second-order valence-corrected chi connectivity index (χ2v) is 6.34. The fourth-order valence-electron chi connectivity index (χ4n) is 1.79. The van der Waals surface area contributed by atoms with E-state index in [2.05, 4.69) is 6.58 Å². The number of carboxylic acid groups (broad SMARTS) is 1. The Kier molecular flexibility index (Phi) is 5.30. The molecule has 4 nitrogen and oxygen atoms in total. The molecular formula is C14H18O4S. The maximum Gasteiger partial charge on any atom is 0.336 e. The number of carboxylic acids is 1. The van der Waals surface area contributed by atoms with Crippen LogP contribution in [-0.2, 0) is 16.3 Å². The van der Waals surface area contributed by atoms with Gasteiger partial charge in [0.15, 0.2) is 9.84 Å². The summed E-state index contributed by atoms with van der Waals surface area (Å²) in [4.78, 5) is 11.2. The molecule has 0 bridgehead atoms. The van der Waals surface area contributed by atoms with Gasteiger partial charge in [-0.25, -0.2) is 13.2 Å². The number of allylic oxidation sites excluding steroid dienone is 1. The summed E-state index contributed by atoms with van der Waals surface area (Å²) in [5, 5.41) is 9.09. The van der Waals surface area contributed by atoms with Gasteiger partial charge < -0.3 is 5.11 Å². The first-order valence-electron chi connectivity index (χ1n) is 6.12. The average molecular weight is 282 g/mol. The van der Waals surface area contributed by atoms with Gasteiger partial charge in [0.25, 0.3) is 0 Å². The molecule has 0 aliphatic carbocycles. The van der Waals surface area contributed by atoms with Crippen LogP contribution >= 0.6 is 0 Å². The predicted molar refractivity (Wildman–Crippen MR) is 74.3 cm³/mol. The highest BCUT2D eigenvalue weighted by Gasteiger charge is 2.18.